The maximum Gasteiger partial charge on any atom is 0.317 e. The van der Waals surface area contributed by atoms with Crippen LogP contribution < -0.4 is 15.4 Å². The molecule has 8 nitrogen and oxygen atoms in total. The number of hydrogen-bond acceptors (Lipinski definition) is 6. The monoisotopic (exact) mass is 419 g/mol. The van der Waals surface area contributed by atoms with Gasteiger partial charge in [-0.2, -0.15) is 0 Å². The van der Waals surface area contributed by atoms with E-state index in [0.717, 1.165) is 30.6 Å². The fraction of sp³-hybridized carbons (Fsp3) is 0.500. The van der Waals surface area contributed by atoms with E-state index >= 15 is 0 Å². The van der Waals surface area contributed by atoms with E-state index in [-0.39, 0.29) is 18.4 Å². The van der Waals surface area contributed by atoms with E-state index in [1.165, 1.54) is 11.3 Å². The van der Waals surface area contributed by atoms with Crippen LogP contribution in [0.3, 0.4) is 0 Å². The largest absolute Gasteiger partial charge is 0.497 e. The zero-order valence-corrected chi connectivity index (χ0v) is 18.1. The van der Waals surface area contributed by atoms with Gasteiger partial charge in [0.15, 0.2) is 0 Å². The molecule has 0 spiro atoms. The molecule has 0 bridgehead atoms. The molecule has 2 N–H and O–H groups in total. The summed E-state index contributed by atoms with van der Waals surface area (Å²) in [5.74, 6) is 0.576. The Hall–Kier alpha value is -2.68. The van der Waals surface area contributed by atoms with Gasteiger partial charge in [0.25, 0.3) is 0 Å². The van der Waals surface area contributed by atoms with Crippen molar-refractivity contribution in [1.82, 2.24) is 20.4 Å². The molecule has 0 fully saturated rings. The molecule has 9 heteroatoms. The van der Waals surface area contributed by atoms with Crippen molar-refractivity contribution >= 4 is 28.4 Å². The highest BCUT2D eigenvalue weighted by molar-refractivity contribution is 7.18. The summed E-state index contributed by atoms with van der Waals surface area (Å²) >= 11 is 1.30. The standard InChI is InChI=1S/C20H29N5O3S/c1-4-6-12-21-20(27)25(13-5-2)14-11-17(26)22-19-24-23-18(29-19)15-7-9-16(28-3)10-8-15/h7-10H,4-6,11-14H2,1-3H3,(H,21,27)(H,22,24,26). The number of ether oxygens (including phenoxy) is 1. The molecule has 2 aromatic rings. The fourth-order valence-electron chi connectivity index (χ4n) is 2.61. The number of aromatic nitrogens is 2. The van der Waals surface area contributed by atoms with Gasteiger partial charge in [-0.05, 0) is 37.1 Å². The van der Waals surface area contributed by atoms with Crippen molar-refractivity contribution in [2.75, 3.05) is 32.1 Å². The second-order valence-corrected chi connectivity index (χ2v) is 7.49. The van der Waals surface area contributed by atoms with E-state index in [4.69, 9.17) is 4.74 Å². The molecule has 0 aliphatic rings. The van der Waals surface area contributed by atoms with Crippen molar-refractivity contribution in [2.24, 2.45) is 0 Å². The summed E-state index contributed by atoms with van der Waals surface area (Å²) in [6.07, 6.45) is 3.01. The van der Waals surface area contributed by atoms with Crippen LogP contribution in [0.5, 0.6) is 5.75 Å². The number of carbonyl (C=O) groups excluding carboxylic acids is 2. The van der Waals surface area contributed by atoms with Gasteiger partial charge in [-0.1, -0.05) is 31.6 Å². The van der Waals surface area contributed by atoms with Crippen molar-refractivity contribution in [3.63, 3.8) is 0 Å². The highest BCUT2D eigenvalue weighted by Crippen LogP contribution is 2.27. The topological polar surface area (TPSA) is 96.5 Å². The number of benzene rings is 1. The van der Waals surface area contributed by atoms with Gasteiger partial charge in [0, 0.05) is 31.6 Å². The van der Waals surface area contributed by atoms with Gasteiger partial charge < -0.3 is 20.3 Å². The van der Waals surface area contributed by atoms with Gasteiger partial charge >= 0.3 is 6.03 Å². The lowest BCUT2D eigenvalue weighted by Gasteiger charge is -2.22. The number of unbranched alkanes of at least 4 members (excludes halogenated alkanes) is 1. The summed E-state index contributed by atoms with van der Waals surface area (Å²) < 4.78 is 5.15. The predicted molar refractivity (Wildman–Crippen MR) is 115 cm³/mol. The molecule has 29 heavy (non-hydrogen) atoms. The van der Waals surface area contributed by atoms with Gasteiger partial charge in [0.05, 0.1) is 7.11 Å². The molecule has 1 aromatic heterocycles. The number of rotatable bonds is 11. The Labute approximate surface area is 175 Å². The SMILES string of the molecule is CCCCNC(=O)N(CCC)CCC(=O)Nc1nnc(-c2ccc(OC)cc2)s1. The average Bonchev–Trinajstić information content (AvgIpc) is 3.19. The van der Waals surface area contributed by atoms with Crippen LogP contribution >= 0.6 is 11.3 Å². The highest BCUT2D eigenvalue weighted by Gasteiger charge is 2.15. The molecule has 0 aliphatic heterocycles. The minimum Gasteiger partial charge on any atom is -0.497 e. The number of methoxy groups -OCH3 is 1. The van der Waals surface area contributed by atoms with Crippen LogP contribution in [0.1, 0.15) is 39.5 Å². The lowest BCUT2D eigenvalue weighted by Crippen LogP contribution is -2.42. The Morgan fingerprint density at radius 1 is 1.10 bits per heavy atom. The first-order valence-corrected chi connectivity index (χ1v) is 10.7. The molecule has 3 amide bonds. The molecular formula is C20H29N5O3S. The molecule has 0 saturated heterocycles. The number of anilines is 1. The van der Waals surface area contributed by atoms with E-state index < -0.39 is 0 Å². The molecule has 0 atom stereocenters. The Morgan fingerprint density at radius 2 is 1.86 bits per heavy atom. The maximum absolute atomic E-state index is 12.3. The lowest BCUT2D eigenvalue weighted by atomic mass is 10.2. The first-order valence-electron chi connectivity index (χ1n) is 9.87. The zero-order chi connectivity index (χ0) is 21.1. The van der Waals surface area contributed by atoms with Gasteiger partial charge in [-0.25, -0.2) is 4.79 Å². The van der Waals surface area contributed by atoms with E-state index in [1.807, 2.05) is 31.2 Å². The third-order valence-corrected chi connectivity index (χ3v) is 5.09. The molecule has 158 valence electrons. The molecule has 1 aromatic carbocycles. The molecule has 0 saturated carbocycles. The molecule has 2 rings (SSSR count). The Balaban J connectivity index is 1.86. The highest BCUT2D eigenvalue weighted by atomic mass is 32.1. The molecule has 1 heterocycles. The number of nitrogens with zero attached hydrogens (tertiary/aromatic N) is 3. The van der Waals surface area contributed by atoms with Gasteiger partial charge in [0.1, 0.15) is 10.8 Å². The van der Waals surface area contributed by atoms with Gasteiger partial charge in [-0.15, -0.1) is 10.2 Å². The smallest absolute Gasteiger partial charge is 0.317 e. The first-order chi connectivity index (χ1) is 14.1. The summed E-state index contributed by atoms with van der Waals surface area (Å²) in [6.45, 7) is 5.72. The van der Waals surface area contributed by atoms with Crippen molar-refractivity contribution in [1.29, 1.82) is 0 Å². The minimum atomic E-state index is -0.190. The number of amides is 3. The molecule has 0 unspecified atom stereocenters. The summed E-state index contributed by atoms with van der Waals surface area (Å²) in [6, 6.07) is 7.37. The van der Waals surface area contributed by atoms with Gasteiger partial charge in [0.2, 0.25) is 11.0 Å². The lowest BCUT2D eigenvalue weighted by molar-refractivity contribution is -0.116. The maximum atomic E-state index is 12.3. The number of carbonyl (C=O) groups is 2. The third-order valence-electron chi connectivity index (χ3n) is 4.20. The Kier molecular flexibility index (Phi) is 9.36. The zero-order valence-electron chi connectivity index (χ0n) is 17.2. The summed E-state index contributed by atoms with van der Waals surface area (Å²) in [5, 5.41) is 15.0. The van der Waals surface area contributed by atoms with Crippen LogP contribution in [0.15, 0.2) is 24.3 Å². The Morgan fingerprint density at radius 3 is 2.52 bits per heavy atom. The second-order valence-electron chi connectivity index (χ2n) is 6.51. The minimum absolute atomic E-state index is 0.120. The van der Waals surface area contributed by atoms with Crippen LogP contribution in [0.25, 0.3) is 10.6 Å². The number of nitrogens with one attached hydrogen (secondary N) is 2. The van der Waals surface area contributed by atoms with Crippen LogP contribution in [-0.2, 0) is 4.79 Å². The predicted octanol–water partition coefficient (Wildman–Crippen LogP) is 3.76. The van der Waals surface area contributed by atoms with Crippen molar-refractivity contribution in [3.8, 4) is 16.3 Å². The van der Waals surface area contributed by atoms with E-state index in [2.05, 4.69) is 27.8 Å². The quantitative estimate of drug-likeness (QED) is 0.541. The molecular weight excluding hydrogens is 390 g/mol. The van der Waals surface area contributed by atoms with Crippen LogP contribution in [0, 0.1) is 0 Å². The van der Waals surface area contributed by atoms with E-state index in [1.54, 1.807) is 12.0 Å². The van der Waals surface area contributed by atoms with Crippen LogP contribution in [0.2, 0.25) is 0 Å². The van der Waals surface area contributed by atoms with Crippen LogP contribution in [0.4, 0.5) is 9.93 Å². The first kappa shape index (κ1) is 22.6. The Bertz CT molecular complexity index is 779. The number of urea groups is 1. The average molecular weight is 420 g/mol. The van der Waals surface area contributed by atoms with Gasteiger partial charge in [-0.3, -0.25) is 4.79 Å². The van der Waals surface area contributed by atoms with E-state index in [0.29, 0.717) is 29.8 Å². The molecule has 0 aliphatic carbocycles. The van der Waals surface area contributed by atoms with Crippen molar-refractivity contribution < 1.29 is 14.3 Å². The van der Waals surface area contributed by atoms with Crippen LogP contribution in [-0.4, -0.2) is 53.8 Å². The normalized spacial score (nSPS) is 10.4. The summed E-state index contributed by atoms with van der Waals surface area (Å²) in [7, 11) is 1.62. The number of hydrogen-bond donors (Lipinski definition) is 2. The van der Waals surface area contributed by atoms with Crippen molar-refractivity contribution in [3.05, 3.63) is 24.3 Å². The van der Waals surface area contributed by atoms with Crippen molar-refractivity contribution in [2.45, 2.75) is 39.5 Å². The van der Waals surface area contributed by atoms with E-state index in [9.17, 15) is 9.59 Å². The summed E-state index contributed by atoms with van der Waals surface area (Å²) in [4.78, 5) is 26.2. The summed E-state index contributed by atoms with van der Waals surface area (Å²) in [5.41, 5.74) is 0.904. The molecule has 0 radical (unpaired) electrons. The third kappa shape index (κ3) is 7.34. The second kappa shape index (κ2) is 12.0. The fourth-order valence-corrected chi connectivity index (χ4v) is 3.38.